The third kappa shape index (κ3) is 2.69. The van der Waals surface area contributed by atoms with Gasteiger partial charge in [0.05, 0.1) is 13.2 Å². The van der Waals surface area contributed by atoms with Gasteiger partial charge in [-0.25, -0.2) is 8.78 Å². The summed E-state index contributed by atoms with van der Waals surface area (Å²) in [5, 5.41) is 2.97. The number of nitrogens with zero attached hydrogens (tertiary/aromatic N) is 1. The Labute approximate surface area is 84.2 Å². The van der Waals surface area contributed by atoms with Gasteiger partial charge < -0.3 is 15.8 Å². The van der Waals surface area contributed by atoms with Crippen LogP contribution in [0.2, 0.25) is 0 Å². The van der Waals surface area contributed by atoms with Crippen LogP contribution in [0, 0.1) is 0 Å². The van der Waals surface area contributed by atoms with Crippen molar-refractivity contribution in [2.75, 3.05) is 24.2 Å². The summed E-state index contributed by atoms with van der Waals surface area (Å²) in [6.07, 6.45) is -2.41. The monoisotopic (exact) mass is 223 g/mol. The van der Waals surface area contributed by atoms with Crippen LogP contribution in [0.25, 0.3) is 0 Å². The zero-order valence-electron chi connectivity index (χ0n) is 7.59. The minimum atomic E-state index is -2.41. The van der Waals surface area contributed by atoms with Gasteiger partial charge in [0.25, 0.3) is 6.43 Å². The number of hydrogen-bond acceptors (Lipinski definition) is 5. The van der Waals surface area contributed by atoms with E-state index in [0.29, 0.717) is 17.4 Å². The molecule has 7 heteroatoms. The number of nitrogen functional groups attached to an aromatic ring is 1. The maximum atomic E-state index is 11.9. The normalized spacial score (nSPS) is 10.6. The molecular formula is C7H11F2N3OS. The molecule has 0 amide bonds. The van der Waals surface area contributed by atoms with Gasteiger partial charge >= 0.3 is 0 Å². The Balaban J connectivity index is 2.65. The number of ether oxygens (including phenoxy) is 1. The first-order chi connectivity index (χ1) is 6.65. The molecule has 0 atom stereocenters. The summed E-state index contributed by atoms with van der Waals surface area (Å²) < 4.78 is 32.7. The number of nitrogens with one attached hydrogen (secondary N) is 1. The van der Waals surface area contributed by atoms with Gasteiger partial charge in [0.1, 0.15) is 0 Å². The average Bonchev–Trinajstić information content (AvgIpc) is 2.46. The largest absolute Gasteiger partial charge is 0.487 e. The topological polar surface area (TPSA) is 60.2 Å². The minimum Gasteiger partial charge on any atom is -0.487 e. The molecule has 4 nitrogen and oxygen atoms in total. The van der Waals surface area contributed by atoms with Gasteiger partial charge in [-0.1, -0.05) is 0 Å². The lowest BCUT2D eigenvalue weighted by molar-refractivity contribution is 0.163. The Bertz CT molecular complexity index is 292. The van der Waals surface area contributed by atoms with Gasteiger partial charge in [0.2, 0.25) is 0 Å². The summed E-state index contributed by atoms with van der Waals surface area (Å²) in [7, 11) is 0. The van der Waals surface area contributed by atoms with Crippen molar-refractivity contribution >= 4 is 22.4 Å². The fraction of sp³-hybridized carbons (Fsp3) is 0.571. The zero-order valence-corrected chi connectivity index (χ0v) is 8.41. The molecule has 0 aliphatic heterocycles. The quantitative estimate of drug-likeness (QED) is 0.799. The number of rotatable bonds is 5. The van der Waals surface area contributed by atoms with E-state index in [1.165, 1.54) is 0 Å². The van der Waals surface area contributed by atoms with Crippen LogP contribution in [-0.4, -0.2) is 24.0 Å². The summed E-state index contributed by atoms with van der Waals surface area (Å²) in [5.41, 5.74) is 5.48. The second kappa shape index (κ2) is 4.94. The van der Waals surface area contributed by atoms with Crippen LogP contribution < -0.4 is 15.8 Å². The maximum Gasteiger partial charge on any atom is 0.255 e. The van der Waals surface area contributed by atoms with Crippen LogP contribution in [0.4, 0.5) is 19.6 Å². The Morgan fingerprint density at radius 1 is 1.64 bits per heavy atom. The lowest BCUT2D eigenvalue weighted by atomic mass is 10.5. The van der Waals surface area contributed by atoms with E-state index in [0.717, 1.165) is 11.5 Å². The van der Waals surface area contributed by atoms with Crippen LogP contribution in [0.3, 0.4) is 0 Å². The molecule has 80 valence electrons. The van der Waals surface area contributed by atoms with Gasteiger partial charge in [0, 0.05) is 0 Å². The van der Waals surface area contributed by atoms with Crippen molar-refractivity contribution in [3.05, 3.63) is 0 Å². The summed E-state index contributed by atoms with van der Waals surface area (Å²) in [6.45, 7) is 1.78. The minimum absolute atomic E-state index is 0.230. The summed E-state index contributed by atoms with van der Waals surface area (Å²) in [6, 6.07) is 0. The van der Waals surface area contributed by atoms with E-state index in [1.54, 1.807) is 6.92 Å². The van der Waals surface area contributed by atoms with Gasteiger partial charge in [0.15, 0.2) is 16.6 Å². The second-order valence-corrected chi connectivity index (χ2v) is 3.20. The summed E-state index contributed by atoms with van der Waals surface area (Å²) >= 11 is 1.01. The SMILES string of the molecule is CCOc1c(N)nsc1NCC(F)F. The molecule has 0 aliphatic carbocycles. The average molecular weight is 223 g/mol. The molecule has 1 heterocycles. The second-order valence-electron chi connectivity index (χ2n) is 2.43. The van der Waals surface area contributed by atoms with E-state index >= 15 is 0 Å². The van der Waals surface area contributed by atoms with Crippen molar-refractivity contribution in [2.45, 2.75) is 13.3 Å². The molecule has 0 radical (unpaired) electrons. The van der Waals surface area contributed by atoms with E-state index in [9.17, 15) is 8.78 Å². The molecule has 0 fully saturated rings. The molecule has 1 rings (SSSR count). The Hall–Kier alpha value is -1.11. The standard InChI is InChI=1S/C7H11F2N3OS/c1-2-13-5-6(10)12-14-7(5)11-3-4(8)9/h4,11H,2-3H2,1H3,(H2,10,12). The van der Waals surface area contributed by atoms with Gasteiger partial charge in [-0.3, -0.25) is 0 Å². The van der Waals surface area contributed by atoms with E-state index in [2.05, 4.69) is 9.69 Å². The number of halogens is 2. The fourth-order valence-electron chi connectivity index (χ4n) is 0.860. The van der Waals surface area contributed by atoms with Crippen molar-refractivity contribution in [3.63, 3.8) is 0 Å². The first-order valence-electron chi connectivity index (χ1n) is 4.05. The van der Waals surface area contributed by atoms with Crippen molar-refractivity contribution in [3.8, 4) is 5.75 Å². The fourth-order valence-corrected chi connectivity index (χ4v) is 1.53. The number of nitrogens with two attached hydrogens (primary N) is 1. The Morgan fingerprint density at radius 2 is 2.36 bits per heavy atom. The molecule has 0 bridgehead atoms. The highest BCUT2D eigenvalue weighted by atomic mass is 32.1. The molecule has 0 aliphatic rings. The lowest BCUT2D eigenvalue weighted by Gasteiger charge is -2.06. The third-order valence-corrected chi connectivity index (χ3v) is 2.18. The molecule has 14 heavy (non-hydrogen) atoms. The highest BCUT2D eigenvalue weighted by Crippen LogP contribution is 2.34. The van der Waals surface area contributed by atoms with E-state index in [4.69, 9.17) is 10.5 Å². The Morgan fingerprint density at radius 3 is 2.93 bits per heavy atom. The molecule has 0 spiro atoms. The predicted molar refractivity (Wildman–Crippen MR) is 52.2 cm³/mol. The van der Waals surface area contributed by atoms with Crippen LogP contribution in [0.1, 0.15) is 6.92 Å². The van der Waals surface area contributed by atoms with Crippen LogP contribution in [0.5, 0.6) is 5.75 Å². The van der Waals surface area contributed by atoms with Crippen LogP contribution in [0.15, 0.2) is 0 Å². The highest BCUT2D eigenvalue weighted by Gasteiger charge is 2.13. The molecule has 0 unspecified atom stereocenters. The molecule has 1 aromatic rings. The van der Waals surface area contributed by atoms with E-state index in [1.807, 2.05) is 0 Å². The zero-order chi connectivity index (χ0) is 10.6. The number of hydrogen-bond donors (Lipinski definition) is 2. The Kier molecular flexibility index (Phi) is 3.87. The van der Waals surface area contributed by atoms with Gasteiger partial charge in [-0.15, -0.1) is 0 Å². The number of alkyl halides is 2. The number of anilines is 2. The molecule has 0 aromatic carbocycles. The molecule has 0 saturated carbocycles. The first-order valence-corrected chi connectivity index (χ1v) is 4.82. The third-order valence-electron chi connectivity index (χ3n) is 1.38. The summed E-state index contributed by atoms with van der Waals surface area (Å²) in [5.74, 6) is 0.590. The van der Waals surface area contributed by atoms with Gasteiger partial charge in [-0.05, 0) is 18.5 Å². The van der Waals surface area contributed by atoms with Crippen molar-refractivity contribution in [1.82, 2.24) is 4.37 Å². The van der Waals surface area contributed by atoms with E-state index in [-0.39, 0.29) is 5.82 Å². The highest BCUT2D eigenvalue weighted by molar-refractivity contribution is 7.11. The van der Waals surface area contributed by atoms with Crippen molar-refractivity contribution in [2.24, 2.45) is 0 Å². The maximum absolute atomic E-state index is 11.9. The van der Waals surface area contributed by atoms with Gasteiger partial charge in [-0.2, -0.15) is 4.37 Å². The first kappa shape index (κ1) is 11.0. The lowest BCUT2D eigenvalue weighted by Crippen LogP contribution is -2.10. The molecule has 0 saturated heterocycles. The predicted octanol–water partition coefficient (Wildman–Crippen LogP) is 1.80. The molecule has 1 aromatic heterocycles. The molecular weight excluding hydrogens is 212 g/mol. The van der Waals surface area contributed by atoms with Crippen LogP contribution in [-0.2, 0) is 0 Å². The van der Waals surface area contributed by atoms with Crippen molar-refractivity contribution < 1.29 is 13.5 Å². The number of aromatic nitrogens is 1. The van der Waals surface area contributed by atoms with E-state index < -0.39 is 13.0 Å². The van der Waals surface area contributed by atoms with Crippen molar-refractivity contribution in [1.29, 1.82) is 0 Å². The van der Waals surface area contributed by atoms with Crippen LogP contribution >= 0.6 is 11.5 Å². The molecule has 3 N–H and O–H groups in total. The smallest absolute Gasteiger partial charge is 0.255 e. The summed E-state index contributed by atoms with van der Waals surface area (Å²) in [4.78, 5) is 0.